The van der Waals surface area contributed by atoms with Crippen molar-refractivity contribution in [3.05, 3.63) is 36.0 Å². The van der Waals surface area contributed by atoms with E-state index in [1.54, 1.807) is 26.0 Å². The molecule has 2 N–H and O–H groups in total. The van der Waals surface area contributed by atoms with Gasteiger partial charge in [0.2, 0.25) is 0 Å². The molecule has 0 amide bonds. The monoisotopic (exact) mass is 311 g/mol. The lowest BCUT2D eigenvalue weighted by atomic mass is 10.1. The van der Waals surface area contributed by atoms with Gasteiger partial charge in [-0.15, -0.1) is 0 Å². The fourth-order valence-corrected chi connectivity index (χ4v) is 2.13. The molecule has 1 aromatic carbocycles. The maximum absolute atomic E-state index is 11.3. The maximum atomic E-state index is 11.3. The van der Waals surface area contributed by atoms with E-state index < -0.39 is 15.4 Å². The van der Waals surface area contributed by atoms with E-state index >= 15 is 0 Å². The first-order valence-electron chi connectivity index (χ1n) is 6.21. The maximum Gasteiger partial charge on any atom is 0.264 e. The first kappa shape index (κ1) is 15.5. The SMILES string of the molecule is CC(C)(N)c1noc(COc2ccc(S(C)(=O)=O)cc2)n1. The quantitative estimate of drug-likeness (QED) is 0.885. The molecule has 1 aromatic heterocycles. The van der Waals surface area contributed by atoms with Gasteiger partial charge in [-0.2, -0.15) is 4.98 Å². The second-order valence-electron chi connectivity index (χ2n) is 5.27. The molecule has 0 aliphatic rings. The summed E-state index contributed by atoms with van der Waals surface area (Å²) in [4.78, 5) is 4.37. The summed E-state index contributed by atoms with van der Waals surface area (Å²) in [7, 11) is -3.21. The largest absolute Gasteiger partial charge is 0.484 e. The summed E-state index contributed by atoms with van der Waals surface area (Å²) in [5.41, 5.74) is 5.17. The lowest BCUT2D eigenvalue weighted by molar-refractivity contribution is 0.241. The van der Waals surface area contributed by atoms with E-state index in [2.05, 4.69) is 10.1 Å². The van der Waals surface area contributed by atoms with E-state index in [0.29, 0.717) is 17.5 Å². The van der Waals surface area contributed by atoms with E-state index in [1.807, 2.05) is 0 Å². The number of benzene rings is 1. The Morgan fingerprint density at radius 2 is 1.90 bits per heavy atom. The van der Waals surface area contributed by atoms with Crippen LogP contribution in [0.2, 0.25) is 0 Å². The van der Waals surface area contributed by atoms with E-state index in [4.69, 9.17) is 15.0 Å². The molecule has 0 bridgehead atoms. The van der Waals surface area contributed by atoms with Crippen molar-refractivity contribution in [1.82, 2.24) is 10.1 Å². The van der Waals surface area contributed by atoms with Crippen LogP contribution in [0.4, 0.5) is 0 Å². The van der Waals surface area contributed by atoms with Crippen molar-refractivity contribution in [2.24, 2.45) is 5.73 Å². The Morgan fingerprint density at radius 1 is 1.29 bits per heavy atom. The highest BCUT2D eigenvalue weighted by atomic mass is 32.2. The van der Waals surface area contributed by atoms with Crippen molar-refractivity contribution >= 4 is 9.84 Å². The van der Waals surface area contributed by atoms with Gasteiger partial charge in [-0.25, -0.2) is 8.42 Å². The zero-order valence-electron chi connectivity index (χ0n) is 12.0. The van der Waals surface area contributed by atoms with Gasteiger partial charge in [0.15, 0.2) is 22.3 Å². The summed E-state index contributed by atoms with van der Waals surface area (Å²) in [6.07, 6.45) is 1.15. The third-order valence-corrected chi connectivity index (χ3v) is 3.79. The van der Waals surface area contributed by atoms with Crippen molar-refractivity contribution < 1.29 is 17.7 Å². The lowest BCUT2D eigenvalue weighted by Gasteiger charge is -2.11. The van der Waals surface area contributed by atoms with Crippen LogP contribution in [0.1, 0.15) is 25.6 Å². The summed E-state index contributed by atoms with van der Waals surface area (Å²) in [5, 5.41) is 3.78. The van der Waals surface area contributed by atoms with Crippen LogP contribution < -0.4 is 10.5 Å². The van der Waals surface area contributed by atoms with Crippen molar-refractivity contribution in [2.45, 2.75) is 30.9 Å². The third-order valence-electron chi connectivity index (χ3n) is 2.66. The summed E-state index contributed by atoms with van der Waals surface area (Å²) in [6.45, 7) is 3.63. The molecule has 1 heterocycles. The van der Waals surface area contributed by atoms with E-state index in [9.17, 15) is 8.42 Å². The fourth-order valence-electron chi connectivity index (χ4n) is 1.50. The van der Waals surface area contributed by atoms with Crippen molar-refractivity contribution in [3.63, 3.8) is 0 Å². The van der Waals surface area contributed by atoms with Gasteiger partial charge in [0, 0.05) is 6.26 Å². The first-order valence-corrected chi connectivity index (χ1v) is 8.10. The molecule has 0 saturated heterocycles. The molecular formula is C13H17N3O4S. The Morgan fingerprint density at radius 3 is 2.38 bits per heavy atom. The highest BCUT2D eigenvalue weighted by Crippen LogP contribution is 2.18. The molecule has 21 heavy (non-hydrogen) atoms. The van der Waals surface area contributed by atoms with Crippen LogP contribution in [0.5, 0.6) is 5.75 Å². The van der Waals surface area contributed by atoms with E-state index in [-0.39, 0.29) is 11.5 Å². The van der Waals surface area contributed by atoms with Crippen LogP contribution in [0, 0.1) is 0 Å². The standard InChI is InChI=1S/C13H17N3O4S/c1-13(2,14)12-15-11(20-16-12)8-19-9-4-6-10(7-5-9)21(3,17)18/h4-7H,8,14H2,1-3H3. The predicted octanol–water partition coefficient (Wildman–Crippen LogP) is 1.25. The Bertz CT molecular complexity index is 715. The molecule has 0 fully saturated rings. The van der Waals surface area contributed by atoms with Crippen LogP contribution in [0.3, 0.4) is 0 Å². The summed E-state index contributed by atoms with van der Waals surface area (Å²) >= 11 is 0. The van der Waals surface area contributed by atoms with Crippen LogP contribution in [-0.4, -0.2) is 24.8 Å². The fraction of sp³-hybridized carbons (Fsp3) is 0.385. The van der Waals surface area contributed by atoms with E-state index in [1.165, 1.54) is 12.1 Å². The highest BCUT2D eigenvalue weighted by molar-refractivity contribution is 7.90. The Labute approximate surface area is 123 Å². The van der Waals surface area contributed by atoms with Crippen LogP contribution in [0.15, 0.2) is 33.7 Å². The zero-order valence-corrected chi connectivity index (χ0v) is 12.8. The number of hydrogen-bond acceptors (Lipinski definition) is 7. The van der Waals surface area contributed by atoms with Crippen molar-refractivity contribution in [3.8, 4) is 5.75 Å². The van der Waals surface area contributed by atoms with Gasteiger partial charge in [-0.05, 0) is 38.1 Å². The average Bonchev–Trinajstić information content (AvgIpc) is 2.84. The number of aromatic nitrogens is 2. The van der Waals surface area contributed by atoms with Crippen LogP contribution >= 0.6 is 0 Å². The minimum Gasteiger partial charge on any atom is -0.484 e. The van der Waals surface area contributed by atoms with Gasteiger partial charge >= 0.3 is 0 Å². The van der Waals surface area contributed by atoms with Gasteiger partial charge in [-0.3, -0.25) is 0 Å². The number of ether oxygens (including phenoxy) is 1. The van der Waals surface area contributed by atoms with Crippen LogP contribution in [-0.2, 0) is 22.0 Å². The van der Waals surface area contributed by atoms with Gasteiger partial charge in [0.25, 0.3) is 5.89 Å². The van der Waals surface area contributed by atoms with Gasteiger partial charge in [0.05, 0.1) is 10.4 Å². The van der Waals surface area contributed by atoms with Gasteiger partial charge < -0.3 is 15.0 Å². The smallest absolute Gasteiger partial charge is 0.264 e. The number of nitrogens with zero attached hydrogens (tertiary/aromatic N) is 2. The number of hydrogen-bond donors (Lipinski definition) is 1. The minimum absolute atomic E-state index is 0.0846. The second kappa shape index (κ2) is 5.45. The lowest BCUT2D eigenvalue weighted by Crippen LogP contribution is -2.30. The molecular weight excluding hydrogens is 294 g/mol. The van der Waals surface area contributed by atoms with Crippen molar-refractivity contribution in [1.29, 1.82) is 0 Å². The molecule has 8 heteroatoms. The highest BCUT2D eigenvalue weighted by Gasteiger charge is 2.21. The van der Waals surface area contributed by atoms with E-state index in [0.717, 1.165) is 6.26 Å². The topological polar surface area (TPSA) is 108 Å². The Hall–Kier alpha value is -1.93. The number of sulfone groups is 1. The van der Waals surface area contributed by atoms with Gasteiger partial charge in [0.1, 0.15) is 5.75 Å². The minimum atomic E-state index is -3.21. The number of nitrogens with two attached hydrogens (primary N) is 1. The Kier molecular flexibility index (Phi) is 4.02. The molecule has 0 radical (unpaired) electrons. The third kappa shape index (κ3) is 4.02. The number of rotatable bonds is 5. The average molecular weight is 311 g/mol. The molecule has 0 unspecified atom stereocenters. The van der Waals surface area contributed by atoms with Crippen molar-refractivity contribution in [2.75, 3.05) is 6.26 Å². The second-order valence-corrected chi connectivity index (χ2v) is 7.28. The molecule has 0 atom stereocenters. The summed E-state index contributed by atoms with van der Waals surface area (Å²) < 4.78 is 33.2. The molecule has 0 spiro atoms. The molecule has 114 valence electrons. The molecule has 2 aromatic rings. The van der Waals surface area contributed by atoms with Crippen LogP contribution in [0.25, 0.3) is 0 Å². The van der Waals surface area contributed by atoms with Gasteiger partial charge in [-0.1, -0.05) is 5.16 Å². The molecule has 0 saturated carbocycles. The Balaban J connectivity index is 2.02. The molecule has 7 nitrogen and oxygen atoms in total. The molecule has 0 aliphatic heterocycles. The zero-order chi connectivity index (χ0) is 15.7. The summed E-state index contributed by atoms with van der Waals surface area (Å²) in [6, 6.07) is 6.10. The first-order chi connectivity index (χ1) is 9.66. The molecule has 0 aliphatic carbocycles. The molecule has 2 rings (SSSR count). The normalized spacial score (nSPS) is 12.4. The predicted molar refractivity (Wildman–Crippen MR) is 75.4 cm³/mol. The summed E-state index contributed by atoms with van der Waals surface area (Å²) in [5.74, 6) is 1.21.